The molecule has 282 valence electrons. The molecule has 4 fully saturated rings. The zero-order valence-electron chi connectivity index (χ0n) is 31.4. The van der Waals surface area contributed by atoms with Crippen molar-refractivity contribution in [2.24, 2.45) is 75.0 Å². The first-order valence-corrected chi connectivity index (χ1v) is 20.4. The van der Waals surface area contributed by atoms with E-state index < -0.39 is 0 Å². The summed E-state index contributed by atoms with van der Waals surface area (Å²) in [7, 11) is 0. The predicted octanol–water partition coefficient (Wildman–Crippen LogP) is 4.48. The molecule has 9 nitrogen and oxygen atoms in total. The van der Waals surface area contributed by atoms with E-state index in [1.807, 2.05) is 0 Å². The van der Waals surface area contributed by atoms with Gasteiger partial charge in [-0.15, -0.1) is 0 Å². The maximum Gasteiger partial charge on any atom is 0.0637 e. The molecular formula is C39H78N6O3. The normalized spacial score (nSPS) is 36.9. The summed E-state index contributed by atoms with van der Waals surface area (Å²) in [5.41, 5.74) is 29.9. The second-order valence-corrected chi connectivity index (χ2v) is 16.7. The van der Waals surface area contributed by atoms with E-state index in [9.17, 15) is 0 Å². The Bertz CT molecular complexity index is 892. The zero-order chi connectivity index (χ0) is 34.6. The van der Waals surface area contributed by atoms with Crippen LogP contribution in [-0.2, 0) is 14.2 Å². The van der Waals surface area contributed by atoms with Crippen molar-refractivity contribution in [1.29, 1.82) is 0 Å². The quantitative estimate of drug-likeness (QED) is 0.0982. The Hall–Kier alpha value is -0.360. The minimum atomic E-state index is 0.148. The monoisotopic (exact) mass is 679 g/mol. The highest BCUT2D eigenvalue weighted by Crippen LogP contribution is 2.69. The molecule has 0 bridgehead atoms. The first-order valence-electron chi connectivity index (χ1n) is 20.4. The minimum absolute atomic E-state index is 0.148. The molecule has 9 heteroatoms. The van der Waals surface area contributed by atoms with Gasteiger partial charge in [-0.3, -0.25) is 0 Å². The van der Waals surface area contributed by atoms with Gasteiger partial charge in [-0.05, 0) is 183 Å². The topological polar surface area (TPSA) is 161 Å². The lowest BCUT2D eigenvalue weighted by atomic mass is 9.43. The fourth-order valence-corrected chi connectivity index (χ4v) is 11.4. The van der Waals surface area contributed by atoms with Crippen LogP contribution in [0.5, 0.6) is 0 Å². The molecule has 4 saturated carbocycles. The Balaban J connectivity index is 1.55. The molecule has 0 heterocycles. The second-order valence-electron chi connectivity index (χ2n) is 16.7. The highest BCUT2D eigenvalue weighted by molar-refractivity contribution is 5.15. The molecule has 11 atom stereocenters. The van der Waals surface area contributed by atoms with E-state index in [4.69, 9.17) is 42.9 Å². The van der Waals surface area contributed by atoms with Crippen molar-refractivity contribution >= 4 is 0 Å². The molecule has 10 N–H and O–H groups in total. The molecule has 4 rings (SSSR count). The molecule has 0 saturated heterocycles. The summed E-state index contributed by atoms with van der Waals surface area (Å²) in [4.78, 5) is 2.59. The van der Waals surface area contributed by atoms with Gasteiger partial charge in [0.05, 0.1) is 18.3 Å². The molecule has 3 unspecified atom stereocenters. The molecule has 4 aliphatic rings. The van der Waals surface area contributed by atoms with Crippen LogP contribution in [0.1, 0.15) is 111 Å². The summed E-state index contributed by atoms with van der Waals surface area (Å²) in [5.74, 6) is 3.75. The third kappa shape index (κ3) is 9.54. The Morgan fingerprint density at radius 3 is 1.92 bits per heavy atom. The predicted molar refractivity (Wildman–Crippen MR) is 198 cm³/mol. The third-order valence-electron chi connectivity index (χ3n) is 14.0. The summed E-state index contributed by atoms with van der Waals surface area (Å²) in [5, 5.41) is 0. The number of nitrogens with two attached hydrogens (primary N) is 5. The molecule has 0 spiro atoms. The van der Waals surface area contributed by atoms with E-state index >= 15 is 0 Å². The number of hydrogen-bond donors (Lipinski definition) is 5. The van der Waals surface area contributed by atoms with Crippen LogP contribution in [-0.4, -0.2) is 95.4 Å². The van der Waals surface area contributed by atoms with Gasteiger partial charge in [-0.25, -0.2) is 0 Å². The minimum Gasteiger partial charge on any atom is -0.378 e. The summed E-state index contributed by atoms with van der Waals surface area (Å²) >= 11 is 0. The first kappa shape index (κ1) is 40.4. The molecule has 0 aromatic carbocycles. The molecule has 4 aliphatic carbocycles. The van der Waals surface area contributed by atoms with Gasteiger partial charge < -0.3 is 47.8 Å². The molecule has 0 aromatic rings. The van der Waals surface area contributed by atoms with Crippen molar-refractivity contribution in [2.45, 2.75) is 129 Å². The van der Waals surface area contributed by atoms with Gasteiger partial charge in [0, 0.05) is 25.2 Å². The van der Waals surface area contributed by atoms with Gasteiger partial charge >= 0.3 is 0 Å². The number of fused-ring (bicyclic) bond motifs is 5. The standard InChI is InChI=1S/C39H78N6O3/c1-29(10-4-20-45(21-5-15-40)22-6-16-41)32-11-12-33-37-34(28-36(39(32,33)3)48-25-9-19-44)38(2)14-13-31(46-23-7-17-42)26-30(38)27-35(37)47-24-8-18-43/h29-37H,4-28,40-44H2,1-3H3/t29-,30?,31-,32-,33+,34+,35?,36+,37?,38+,39-/m1/s1. The summed E-state index contributed by atoms with van der Waals surface area (Å²) in [6.45, 7) is 17.0. The molecular weight excluding hydrogens is 600 g/mol. The largest absolute Gasteiger partial charge is 0.378 e. The Kier molecular flexibility index (Phi) is 16.9. The molecule has 48 heavy (non-hydrogen) atoms. The van der Waals surface area contributed by atoms with E-state index in [1.165, 1.54) is 32.1 Å². The first-order chi connectivity index (χ1) is 23.3. The van der Waals surface area contributed by atoms with E-state index in [2.05, 4.69) is 25.7 Å². The average molecular weight is 679 g/mol. The van der Waals surface area contributed by atoms with Crippen molar-refractivity contribution in [3.63, 3.8) is 0 Å². The van der Waals surface area contributed by atoms with Crippen molar-refractivity contribution in [1.82, 2.24) is 4.90 Å². The smallest absolute Gasteiger partial charge is 0.0637 e. The van der Waals surface area contributed by atoms with Crippen molar-refractivity contribution < 1.29 is 14.2 Å². The van der Waals surface area contributed by atoms with Crippen LogP contribution in [0.4, 0.5) is 0 Å². The summed E-state index contributed by atoms with van der Waals surface area (Å²) in [6.07, 6.45) is 16.8. The highest BCUT2D eigenvalue weighted by Gasteiger charge is 2.66. The van der Waals surface area contributed by atoms with Gasteiger partial charge in [0.2, 0.25) is 0 Å². The number of rotatable bonds is 23. The molecule has 0 amide bonds. The summed E-state index contributed by atoms with van der Waals surface area (Å²) < 4.78 is 20.4. The second kappa shape index (κ2) is 20.0. The van der Waals surface area contributed by atoms with Crippen LogP contribution in [0.3, 0.4) is 0 Å². The molecule has 0 radical (unpaired) electrons. The van der Waals surface area contributed by atoms with Crippen molar-refractivity contribution in [2.75, 3.05) is 72.2 Å². The van der Waals surface area contributed by atoms with Gasteiger partial charge in [-0.1, -0.05) is 20.8 Å². The van der Waals surface area contributed by atoms with E-state index in [0.717, 1.165) is 110 Å². The van der Waals surface area contributed by atoms with E-state index in [-0.39, 0.29) is 11.5 Å². The van der Waals surface area contributed by atoms with Gasteiger partial charge in [0.1, 0.15) is 0 Å². The van der Waals surface area contributed by atoms with Crippen molar-refractivity contribution in [3.05, 3.63) is 0 Å². The van der Waals surface area contributed by atoms with Crippen LogP contribution < -0.4 is 28.7 Å². The number of hydrogen-bond acceptors (Lipinski definition) is 9. The third-order valence-corrected chi connectivity index (χ3v) is 14.0. The molecule has 0 aromatic heterocycles. The lowest BCUT2D eigenvalue weighted by molar-refractivity contribution is -0.227. The van der Waals surface area contributed by atoms with Gasteiger partial charge in [0.25, 0.3) is 0 Å². The zero-order valence-corrected chi connectivity index (χ0v) is 31.4. The lowest BCUT2D eigenvalue weighted by Crippen LogP contribution is -2.63. The van der Waals surface area contributed by atoms with E-state index in [1.54, 1.807) is 0 Å². The maximum atomic E-state index is 7.04. The maximum absolute atomic E-state index is 7.04. The fraction of sp³-hybridized carbons (Fsp3) is 1.00. The summed E-state index contributed by atoms with van der Waals surface area (Å²) in [6, 6.07) is 0. The van der Waals surface area contributed by atoms with E-state index in [0.29, 0.717) is 72.8 Å². The SMILES string of the molecule is C[C@H](CCCN(CCCN)CCCN)[C@H]1CC[C@H]2C3C(OCCCN)CC4C[C@H](OCCCN)CC[C@]4(C)[C@H]3C[C@H](OCCCN)[C@]12C. The Morgan fingerprint density at radius 1 is 0.667 bits per heavy atom. The Labute approximate surface area is 294 Å². The Morgan fingerprint density at radius 2 is 1.27 bits per heavy atom. The van der Waals surface area contributed by atoms with Crippen LogP contribution in [0.25, 0.3) is 0 Å². The fourth-order valence-electron chi connectivity index (χ4n) is 11.4. The number of ether oxygens (including phenoxy) is 3. The number of nitrogens with zero attached hydrogens (tertiary/aromatic N) is 1. The van der Waals surface area contributed by atoms with Crippen LogP contribution in [0, 0.1) is 46.3 Å². The lowest BCUT2D eigenvalue weighted by Gasteiger charge is -2.65. The van der Waals surface area contributed by atoms with Crippen LogP contribution in [0.2, 0.25) is 0 Å². The van der Waals surface area contributed by atoms with Gasteiger partial charge in [0.15, 0.2) is 0 Å². The van der Waals surface area contributed by atoms with Crippen molar-refractivity contribution in [3.8, 4) is 0 Å². The molecule has 0 aliphatic heterocycles. The average Bonchev–Trinajstić information content (AvgIpc) is 3.44. The van der Waals surface area contributed by atoms with Gasteiger partial charge in [-0.2, -0.15) is 0 Å². The highest BCUT2D eigenvalue weighted by atomic mass is 16.5. The van der Waals surface area contributed by atoms with Crippen LogP contribution in [0.15, 0.2) is 0 Å². The van der Waals surface area contributed by atoms with Crippen LogP contribution >= 0.6 is 0 Å².